The van der Waals surface area contributed by atoms with Gasteiger partial charge in [0.1, 0.15) is 11.6 Å². The Balaban J connectivity index is 1.79. The van der Waals surface area contributed by atoms with Gasteiger partial charge in [0, 0.05) is 34.8 Å². The summed E-state index contributed by atoms with van der Waals surface area (Å²) in [6.07, 6.45) is 4.33. The van der Waals surface area contributed by atoms with Crippen LogP contribution in [0.15, 0.2) is 54.1 Å². The number of allylic oxidation sites excluding steroid dienone is 1. The number of fused-ring (bicyclic) bond motifs is 1. The van der Waals surface area contributed by atoms with Crippen molar-refractivity contribution in [3.05, 3.63) is 92.6 Å². The predicted octanol–water partition coefficient (Wildman–Crippen LogP) is 4.64. The van der Waals surface area contributed by atoms with Crippen LogP contribution in [0.5, 0.6) is 0 Å². The maximum Gasteiger partial charge on any atom is 0.275 e. The summed E-state index contributed by atoms with van der Waals surface area (Å²) in [6, 6.07) is 6.88. The van der Waals surface area contributed by atoms with Crippen molar-refractivity contribution in [2.24, 2.45) is 0 Å². The first-order chi connectivity index (χ1) is 14.9. The minimum Gasteiger partial charge on any atom is -0.391 e. The summed E-state index contributed by atoms with van der Waals surface area (Å²) >= 11 is 1.33. The summed E-state index contributed by atoms with van der Waals surface area (Å²) in [4.78, 5) is 28.3. The molecular formula is C21H13F2N3O4S. The van der Waals surface area contributed by atoms with Crippen molar-refractivity contribution in [2.45, 2.75) is 6.61 Å². The van der Waals surface area contributed by atoms with Crippen molar-refractivity contribution in [3.8, 4) is 11.3 Å². The maximum absolute atomic E-state index is 13.4. The highest BCUT2D eigenvalue weighted by molar-refractivity contribution is 7.15. The number of hydrogen-bond donors (Lipinski definition) is 1. The summed E-state index contributed by atoms with van der Waals surface area (Å²) in [5.74, 6) is -2.34. The molecular weight excluding hydrogens is 428 g/mol. The van der Waals surface area contributed by atoms with Gasteiger partial charge in [-0.25, -0.2) is 13.8 Å². The number of benzene rings is 2. The molecule has 0 radical (unpaired) electrons. The van der Waals surface area contributed by atoms with Crippen LogP contribution >= 0.6 is 11.3 Å². The van der Waals surface area contributed by atoms with Crippen molar-refractivity contribution >= 4 is 33.8 Å². The lowest BCUT2D eigenvalue weighted by Crippen LogP contribution is -1.98. The van der Waals surface area contributed by atoms with Gasteiger partial charge in [-0.1, -0.05) is 6.07 Å². The molecule has 0 aliphatic rings. The van der Waals surface area contributed by atoms with Crippen LogP contribution in [0, 0.1) is 21.7 Å². The lowest BCUT2D eigenvalue weighted by atomic mass is 10.0. The molecule has 0 unspecified atom stereocenters. The Morgan fingerprint density at radius 3 is 2.65 bits per heavy atom. The van der Waals surface area contributed by atoms with E-state index in [9.17, 15) is 28.8 Å². The maximum atomic E-state index is 13.4. The number of nitro groups is 1. The Morgan fingerprint density at radius 2 is 1.97 bits per heavy atom. The summed E-state index contributed by atoms with van der Waals surface area (Å²) in [5, 5.41) is 22.5. The van der Waals surface area contributed by atoms with Gasteiger partial charge in [0.05, 0.1) is 28.5 Å². The molecule has 0 saturated carbocycles. The van der Waals surface area contributed by atoms with Gasteiger partial charge in [-0.2, -0.15) is 0 Å². The monoisotopic (exact) mass is 441 g/mol. The number of imidazole rings is 1. The fraction of sp³-hybridized carbons (Fsp3) is 0.0476. The molecule has 1 N–H and O–H groups in total. The van der Waals surface area contributed by atoms with Crippen LogP contribution < -0.4 is 0 Å². The Bertz CT molecular complexity index is 1340. The van der Waals surface area contributed by atoms with E-state index in [0.29, 0.717) is 28.0 Å². The second-order valence-electron chi connectivity index (χ2n) is 6.52. The molecule has 7 nitrogen and oxygen atoms in total. The number of ketones is 1. The molecule has 4 rings (SSSR count). The molecule has 156 valence electrons. The van der Waals surface area contributed by atoms with E-state index in [1.54, 1.807) is 22.0 Å². The van der Waals surface area contributed by atoms with E-state index in [0.717, 1.165) is 18.2 Å². The molecule has 0 bridgehead atoms. The standard InChI is InChI=1S/C21H13F2N3O4S/c22-15-7-14(8-16(23)10-15)19(28)4-3-17-20(24-21-25(17)5-6-31-21)12-1-2-13(11-27)18(9-12)26(29)30/h1-10,27H,11H2/b4-3+. The molecule has 2 aromatic heterocycles. The van der Waals surface area contributed by atoms with Gasteiger partial charge in [-0.05, 0) is 30.4 Å². The number of carbonyl (C=O) groups excluding carboxylic acids is 1. The SMILES string of the molecule is O=C(/C=C/c1c(-c2ccc(CO)c([N+](=O)[O-])c2)nc2sccn12)c1cc(F)cc(F)c1. The van der Waals surface area contributed by atoms with Gasteiger partial charge in [0.15, 0.2) is 10.7 Å². The molecule has 0 saturated heterocycles. The molecule has 2 heterocycles. The number of aliphatic hydroxyl groups is 1. The fourth-order valence-electron chi connectivity index (χ4n) is 3.14. The van der Waals surface area contributed by atoms with Crippen LogP contribution in [0.4, 0.5) is 14.5 Å². The average Bonchev–Trinajstić information content (AvgIpc) is 3.32. The lowest BCUT2D eigenvalue weighted by molar-refractivity contribution is -0.385. The highest BCUT2D eigenvalue weighted by Crippen LogP contribution is 2.31. The zero-order valence-electron chi connectivity index (χ0n) is 15.7. The summed E-state index contributed by atoms with van der Waals surface area (Å²) in [5.41, 5.74) is 1.03. The van der Waals surface area contributed by atoms with Crippen LogP contribution in [0.2, 0.25) is 0 Å². The molecule has 2 aromatic carbocycles. The van der Waals surface area contributed by atoms with Gasteiger partial charge >= 0.3 is 0 Å². The first-order valence-corrected chi connectivity index (χ1v) is 9.78. The third-order valence-corrected chi connectivity index (χ3v) is 5.32. The lowest BCUT2D eigenvalue weighted by Gasteiger charge is -2.04. The Labute approximate surface area is 177 Å². The fourth-order valence-corrected chi connectivity index (χ4v) is 3.86. The van der Waals surface area contributed by atoms with E-state index in [-0.39, 0.29) is 16.8 Å². The summed E-state index contributed by atoms with van der Waals surface area (Å²) < 4.78 is 28.5. The molecule has 31 heavy (non-hydrogen) atoms. The highest BCUT2D eigenvalue weighted by atomic mass is 32.1. The molecule has 0 fully saturated rings. The van der Waals surface area contributed by atoms with Gasteiger partial charge in [-0.3, -0.25) is 19.3 Å². The topological polar surface area (TPSA) is 97.7 Å². The number of aromatic nitrogens is 2. The van der Waals surface area contributed by atoms with Crippen molar-refractivity contribution in [1.29, 1.82) is 0 Å². The quantitative estimate of drug-likeness (QED) is 0.204. The Hall–Kier alpha value is -3.76. The van der Waals surface area contributed by atoms with E-state index in [1.165, 1.54) is 29.5 Å². The van der Waals surface area contributed by atoms with Crippen molar-refractivity contribution in [2.75, 3.05) is 0 Å². The number of aliphatic hydroxyl groups excluding tert-OH is 1. The zero-order valence-corrected chi connectivity index (χ0v) is 16.5. The second-order valence-corrected chi connectivity index (χ2v) is 7.39. The molecule has 0 amide bonds. The van der Waals surface area contributed by atoms with Crippen molar-refractivity contribution < 1.29 is 23.6 Å². The van der Waals surface area contributed by atoms with Crippen LogP contribution in [0.1, 0.15) is 21.6 Å². The van der Waals surface area contributed by atoms with E-state index in [4.69, 9.17) is 0 Å². The van der Waals surface area contributed by atoms with Gasteiger partial charge in [0.25, 0.3) is 5.69 Å². The van der Waals surface area contributed by atoms with Gasteiger partial charge in [0.2, 0.25) is 0 Å². The predicted molar refractivity (Wildman–Crippen MR) is 111 cm³/mol. The van der Waals surface area contributed by atoms with E-state index in [1.807, 2.05) is 0 Å². The normalized spacial score (nSPS) is 11.5. The minimum atomic E-state index is -0.863. The number of halogens is 2. The first kappa shape index (κ1) is 20.5. The summed E-state index contributed by atoms with van der Waals surface area (Å²) in [6.45, 7) is -0.486. The van der Waals surface area contributed by atoms with Crippen molar-refractivity contribution in [1.82, 2.24) is 9.38 Å². The third kappa shape index (κ3) is 3.98. The minimum absolute atomic E-state index is 0.149. The zero-order chi connectivity index (χ0) is 22.1. The van der Waals surface area contributed by atoms with E-state index >= 15 is 0 Å². The van der Waals surface area contributed by atoms with E-state index < -0.39 is 28.9 Å². The number of nitrogens with zero attached hydrogens (tertiary/aromatic N) is 3. The first-order valence-electron chi connectivity index (χ1n) is 8.90. The van der Waals surface area contributed by atoms with Crippen LogP contribution in [-0.4, -0.2) is 25.2 Å². The Kier molecular flexibility index (Phi) is 5.40. The number of rotatable bonds is 6. The third-order valence-electron chi connectivity index (χ3n) is 4.56. The number of thiazole rings is 1. The van der Waals surface area contributed by atoms with Gasteiger partial charge < -0.3 is 5.11 Å². The molecule has 10 heteroatoms. The van der Waals surface area contributed by atoms with E-state index in [2.05, 4.69) is 4.98 Å². The highest BCUT2D eigenvalue weighted by Gasteiger charge is 2.19. The average molecular weight is 441 g/mol. The summed E-state index contributed by atoms with van der Waals surface area (Å²) in [7, 11) is 0. The molecule has 0 spiro atoms. The number of hydrogen-bond acceptors (Lipinski definition) is 6. The van der Waals surface area contributed by atoms with Crippen molar-refractivity contribution in [3.63, 3.8) is 0 Å². The number of nitro benzene ring substituents is 1. The van der Waals surface area contributed by atoms with Crippen LogP contribution in [0.25, 0.3) is 22.3 Å². The smallest absolute Gasteiger partial charge is 0.275 e. The molecule has 0 aliphatic heterocycles. The largest absolute Gasteiger partial charge is 0.391 e. The Morgan fingerprint density at radius 1 is 1.23 bits per heavy atom. The molecule has 4 aromatic rings. The van der Waals surface area contributed by atoms with Crippen LogP contribution in [-0.2, 0) is 6.61 Å². The number of carbonyl (C=O) groups is 1. The molecule has 0 atom stereocenters. The van der Waals surface area contributed by atoms with Gasteiger partial charge in [-0.15, -0.1) is 11.3 Å². The second kappa shape index (κ2) is 8.17. The molecule has 0 aliphatic carbocycles. The van der Waals surface area contributed by atoms with Crippen LogP contribution in [0.3, 0.4) is 0 Å².